The van der Waals surface area contributed by atoms with E-state index in [4.69, 9.17) is 0 Å². The van der Waals surface area contributed by atoms with Crippen molar-refractivity contribution in [2.45, 2.75) is 79.8 Å². The molecule has 0 aliphatic carbocycles. The summed E-state index contributed by atoms with van der Waals surface area (Å²) in [7, 11) is 3.93. The van der Waals surface area contributed by atoms with Gasteiger partial charge in [0.25, 0.3) is 0 Å². The van der Waals surface area contributed by atoms with Gasteiger partial charge in [0.05, 0.1) is 16.9 Å². The van der Waals surface area contributed by atoms with Crippen LogP contribution >= 0.6 is 15.9 Å². The van der Waals surface area contributed by atoms with Crippen LogP contribution in [0.25, 0.3) is 27.4 Å². The maximum absolute atomic E-state index is 10.6. The molecule has 0 radical (unpaired) electrons. The van der Waals surface area contributed by atoms with E-state index in [0.717, 1.165) is 52.3 Å². The second-order valence-electron chi connectivity index (χ2n) is 9.46. The normalized spacial score (nSPS) is 13.3. The summed E-state index contributed by atoms with van der Waals surface area (Å²) in [6, 6.07) is 12.4. The largest absolute Gasteiger partial charge is 0.384 e. The van der Waals surface area contributed by atoms with Crippen LogP contribution in [0.2, 0.25) is 0 Å². The first-order chi connectivity index (χ1) is 16.7. The van der Waals surface area contributed by atoms with Gasteiger partial charge in [0.2, 0.25) is 0 Å². The van der Waals surface area contributed by atoms with Crippen molar-refractivity contribution in [2.24, 2.45) is 14.1 Å². The fourth-order valence-electron chi connectivity index (χ4n) is 5.00. The quantitative estimate of drug-likeness (QED) is 0.249. The van der Waals surface area contributed by atoms with Crippen LogP contribution in [0.1, 0.15) is 84.2 Å². The molecular weight excluding hydrogens is 512 g/mol. The second kappa shape index (κ2) is 12.7. The molecule has 4 aromatic rings. The number of aliphatic hydroxyl groups is 1. The van der Waals surface area contributed by atoms with E-state index in [-0.39, 0.29) is 7.43 Å². The van der Waals surface area contributed by atoms with Gasteiger partial charge in [0.15, 0.2) is 0 Å². The molecule has 0 amide bonds. The molecule has 0 aliphatic heterocycles. The van der Waals surface area contributed by atoms with Gasteiger partial charge in [0.1, 0.15) is 11.1 Å². The number of allylic oxidation sites excluding steroid dienone is 2. The summed E-state index contributed by atoms with van der Waals surface area (Å²) in [5.41, 5.74) is 6.05. The summed E-state index contributed by atoms with van der Waals surface area (Å²) in [5.74, 6) is 0. The highest BCUT2D eigenvalue weighted by molar-refractivity contribution is 9.10. The Labute approximate surface area is 225 Å². The van der Waals surface area contributed by atoms with Crippen LogP contribution in [0.5, 0.6) is 0 Å². The van der Waals surface area contributed by atoms with Gasteiger partial charge in [-0.05, 0) is 66.2 Å². The third kappa shape index (κ3) is 6.09. The highest BCUT2D eigenvalue weighted by Gasteiger charge is 2.28. The van der Waals surface area contributed by atoms with E-state index in [1.807, 2.05) is 43.9 Å². The van der Waals surface area contributed by atoms with Crippen molar-refractivity contribution in [3.05, 3.63) is 63.9 Å². The molecule has 36 heavy (non-hydrogen) atoms. The maximum Gasteiger partial charge on any atom is 0.107 e. The van der Waals surface area contributed by atoms with Crippen LogP contribution in [0, 0.1) is 6.92 Å². The Balaban J connectivity index is 0.000000247. The van der Waals surface area contributed by atoms with E-state index in [0.29, 0.717) is 0 Å². The molecule has 6 heteroatoms. The van der Waals surface area contributed by atoms with Crippen LogP contribution in [0.3, 0.4) is 0 Å². The van der Waals surface area contributed by atoms with Crippen LogP contribution in [-0.4, -0.2) is 24.7 Å². The Morgan fingerprint density at radius 2 is 1.61 bits per heavy atom. The fourth-order valence-corrected chi connectivity index (χ4v) is 5.44. The summed E-state index contributed by atoms with van der Waals surface area (Å²) < 4.78 is 4.78. The molecule has 5 nitrogen and oxygen atoms in total. The van der Waals surface area contributed by atoms with Crippen molar-refractivity contribution in [1.82, 2.24) is 19.6 Å². The van der Waals surface area contributed by atoms with Crippen molar-refractivity contribution in [1.29, 1.82) is 0 Å². The predicted molar refractivity (Wildman–Crippen MR) is 158 cm³/mol. The highest BCUT2D eigenvalue weighted by Crippen LogP contribution is 2.34. The van der Waals surface area contributed by atoms with Gasteiger partial charge in [0, 0.05) is 29.3 Å². The van der Waals surface area contributed by atoms with Crippen molar-refractivity contribution < 1.29 is 5.11 Å². The average molecular weight is 556 g/mol. The van der Waals surface area contributed by atoms with Gasteiger partial charge < -0.3 is 5.11 Å². The molecule has 0 aliphatic rings. The van der Waals surface area contributed by atoms with Gasteiger partial charge in [-0.15, -0.1) is 0 Å². The lowest BCUT2D eigenvalue weighted by atomic mass is 9.94. The van der Waals surface area contributed by atoms with E-state index in [1.54, 1.807) is 4.68 Å². The number of fused-ring (bicyclic) bond motifs is 2. The Hall–Kier alpha value is -2.44. The minimum absolute atomic E-state index is 0. The number of halogens is 1. The summed E-state index contributed by atoms with van der Waals surface area (Å²) in [6.07, 6.45) is 7.37. The van der Waals surface area contributed by atoms with Crippen molar-refractivity contribution in [3.63, 3.8) is 0 Å². The molecule has 2 aromatic carbocycles. The lowest BCUT2D eigenvalue weighted by Gasteiger charge is -2.23. The zero-order chi connectivity index (χ0) is 25.8. The summed E-state index contributed by atoms with van der Waals surface area (Å²) >= 11 is 3.49. The predicted octanol–water partition coefficient (Wildman–Crippen LogP) is 8.45. The number of rotatable bonds is 7. The molecule has 1 atom stereocenters. The minimum atomic E-state index is -0.834. The smallest absolute Gasteiger partial charge is 0.107 e. The molecule has 0 saturated carbocycles. The molecule has 2 heterocycles. The Morgan fingerprint density at radius 1 is 0.972 bits per heavy atom. The third-order valence-electron chi connectivity index (χ3n) is 6.40. The standard InChI is InChI=1S/C16H22N2.C13H17BrN2O.CH4/c1-5-8-13(9-6-2)16-14-11-7-10-12(3)15(14)17-18(16)4;1-4-8-13(2,17)12-9-6-5-7-10(14)11(9)15-16(12)3;/h7-8,10-11H,5-6,9H2,1-4H3;5-7,17H,4,8H2,1-3H3;1H4/b13-8+;;. The molecular formula is C30H43BrN4O. The second-order valence-corrected chi connectivity index (χ2v) is 10.3. The van der Waals surface area contributed by atoms with E-state index >= 15 is 0 Å². The molecule has 0 saturated heterocycles. The molecule has 4 rings (SSSR count). The third-order valence-corrected chi connectivity index (χ3v) is 7.04. The molecule has 196 valence electrons. The van der Waals surface area contributed by atoms with Gasteiger partial charge in [-0.2, -0.15) is 10.2 Å². The lowest BCUT2D eigenvalue weighted by Crippen LogP contribution is -2.24. The number of aromatic nitrogens is 4. The summed E-state index contributed by atoms with van der Waals surface area (Å²) in [6.45, 7) is 10.5. The van der Waals surface area contributed by atoms with Crippen LogP contribution in [0.4, 0.5) is 0 Å². The lowest BCUT2D eigenvalue weighted by molar-refractivity contribution is 0.0401. The molecule has 1 N–H and O–H groups in total. The van der Waals surface area contributed by atoms with Crippen LogP contribution < -0.4 is 0 Å². The van der Waals surface area contributed by atoms with Gasteiger partial charge >= 0.3 is 0 Å². The number of hydrogen-bond acceptors (Lipinski definition) is 3. The van der Waals surface area contributed by atoms with E-state index < -0.39 is 5.60 Å². The van der Waals surface area contributed by atoms with Gasteiger partial charge in [-0.25, -0.2) is 0 Å². The first kappa shape index (κ1) is 29.8. The molecule has 0 bridgehead atoms. The highest BCUT2D eigenvalue weighted by atomic mass is 79.9. The van der Waals surface area contributed by atoms with E-state index in [9.17, 15) is 5.11 Å². The van der Waals surface area contributed by atoms with E-state index in [1.165, 1.54) is 28.6 Å². The summed E-state index contributed by atoms with van der Waals surface area (Å²) in [5, 5.41) is 22.0. The van der Waals surface area contributed by atoms with E-state index in [2.05, 4.69) is 78.1 Å². The zero-order valence-corrected chi connectivity index (χ0v) is 23.8. The molecule has 0 spiro atoms. The number of aryl methyl sites for hydroxylation is 3. The van der Waals surface area contributed by atoms with Crippen molar-refractivity contribution in [3.8, 4) is 0 Å². The summed E-state index contributed by atoms with van der Waals surface area (Å²) in [4.78, 5) is 0. The molecule has 0 fully saturated rings. The number of hydrogen-bond donors (Lipinski definition) is 1. The topological polar surface area (TPSA) is 55.9 Å². The first-order valence-corrected chi connectivity index (χ1v) is 13.4. The Bertz CT molecular complexity index is 1330. The minimum Gasteiger partial charge on any atom is -0.384 e. The van der Waals surface area contributed by atoms with Crippen molar-refractivity contribution in [2.75, 3.05) is 0 Å². The monoisotopic (exact) mass is 554 g/mol. The number of benzene rings is 2. The molecule has 2 aromatic heterocycles. The van der Waals surface area contributed by atoms with Crippen molar-refractivity contribution >= 4 is 43.3 Å². The fraction of sp³-hybridized carbons (Fsp3) is 0.467. The van der Waals surface area contributed by atoms with Gasteiger partial charge in [-0.3, -0.25) is 9.36 Å². The number of nitrogens with zero attached hydrogens (tertiary/aromatic N) is 4. The van der Waals surface area contributed by atoms with Crippen LogP contribution in [0.15, 0.2) is 46.9 Å². The first-order valence-electron chi connectivity index (χ1n) is 12.6. The van der Waals surface area contributed by atoms with Gasteiger partial charge in [-0.1, -0.05) is 77.4 Å². The SMILES string of the molecule is C.CC/C=C(\CCC)c1c2cccc(C)c2nn1C.CCCC(C)(O)c1c2cccc(Br)c2nn1C. The molecule has 1 unspecified atom stereocenters. The zero-order valence-electron chi connectivity index (χ0n) is 22.2. The Kier molecular flexibility index (Phi) is 10.5. The Morgan fingerprint density at radius 3 is 2.25 bits per heavy atom. The maximum atomic E-state index is 10.6. The van der Waals surface area contributed by atoms with Crippen LogP contribution in [-0.2, 0) is 19.7 Å². The average Bonchev–Trinajstić information content (AvgIpc) is 3.32.